The summed E-state index contributed by atoms with van der Waals surface area (Å²) in [5, 5.41) is 12.8. The van der Waals surface area contributed by atoms with E-state index in [1.165, 1.54) is 0 Å². The third kappa shape index (κ3) is 6.48. The van der Waals surface area contributed by atoms with Crippen molar-refractivity contribution in [3.63, 3.8) is 0 Å². The summed E-state index contributed by atoms with van der Waals surface area (Å²) in [6, 6.07) is 12.0. The van der Waals surface area contributed by atoms with Crippen molar-refractivity contribution < 1.29 is 32.4 Å². The van der Waals surface area contributed by atoms with Gasteiger partial charge in [0.2, 0.25) is 0 Å². The highest BCUT2D eigenvalue weighted by Gasteiger charge is 2.41. The Morgan fingerprint density at radius 2 is 1.85 bits per heavy atom. The average molecular weight is 578 g/mol. The Kier molecular flexibility index (Phi) is 8.75. The second-order valence-corrected chi connectivity index (χ2v) is 12.3. The van der Waals surface area contributed by atoms with Gasteiger partial charge in [0.15, 0.2) is 4.90 Å². The summed E-state index contributed by atoms with van der Waals surface area (Å²) in [4.78, 5) is 18.6. The van der Waals surface area contributed by atoms with Gasteiger partial charge < -0.3 is 24.3 Å². The fraction of sp³-hybridized carbons (Fsp3) is 0.517. The number of hydrogen-bond acceptors (Lipinski definition) is 5. The summed E-state index contributed by atoms with van der Waals surface area (Å²) < 4.78 is 59.2. The second kappa shape index (κ2) is 12.1. The highest BCUT2D eigenvalue weighted by molar-refractivity contribution is 7.91. The van der Waals surface area contributed by atoms with Crippen molar-refractivity contribution in [2.45, 2.75) is 81.3 Å². The highest BCUT2D eigenvalue weighted by Crippen LogP contribution is 2.40. The first-order valence-electron chi connectivity index (χ1n) is 13.8. The molecule has 2 aromatic carbocycles. The highest BCUT2D eigenvalue weighted by atomic mass is 32.2. The van der Waals surface area contributed by atoms with Crippen LogP contribution in [0.1, 0.15) is 79.3 Å². The Labute approximate surface area is 234 Å². The molecule has 1 amide bonds. The number of nitrogens with zero attached hydrogens (tertiary/aromatic N) is 2. The Morgan fingerprint density at radius 3 is 2.45 bits per heavy atom. The van der Waals surface area contributed by atoms with Gasteiger partial charge in [-0.3, -0.25) is 4.79 Å². The van der Waals surface area contributed by atoms with Gasteiger partial charge >= 0.3 is 6.18 Å². The molecule has 0 spiro atoms. The lowest BCUT2D eigenvalue weighted by Crippen LogP contribution is -2.30. The van der Waals surface area contributed by atoms with E-state index in [1.54, 1.807) is 36.4 Å². The monoisotopic (exact) mass is 577 g/mol. The summed E-state index contributed by atoms with van der Waals surface area (Å²) in [6.07, 6.45) is -1.41. The maximum Gasteiger partial charge on any atom is 0.391 e. The molecule has 2 atom stereocenters. The van der Waals surface area contributed by atoms with E-state index in [2.05, 4.69) is 9.88 Å². The quantitative estimate of drug-likeness (QED) is 0.306. The molecule has 0 aliphatic heterocycles. The minimum Gasteiger partial charge on any atom is -0.611 e. The van der Waals surface area contributed by atoms with Crippen LogP contribution in [-0.4, -0.2) is 49.8 Å². The molecule has 2 unspecified atom stereocenters. The van der Waals surface area contributed by atoms with E-state index in [1.807, 2.05) is 13.0 Å². The van der Waals surface area contributed by atoms with Crippen molar-refractivity contribution in [3.8, 4) is 0 Å². The minimum atomic E-state index is -4.15. The van der Waals surface area contributed by atoms with Crippen LogP contribution in [-0.2, 0) is 22.5 Å². The van der Waals surface area contributed by atoms with Gasteiger partial charge in [0.25, 0.3) is 5.91 Å². The zero-order valence-corrected chi connectivity index (χ0v) is 23.1. The number of imidazole rings is 1. The molecule has 2 aliphatic rings. The second-order valence-electron chi connectivity index (χ2n) is 10.6. The van der Waals surface area contributed by atoms with Crippen LogP contribution in [0.3, 0.4) is 0 Å². The normalized spacial score (nSPS) is 21.4. The number of amides is 1. The van der Waals surface area contributed by atoms with E-state index in [-0.39, 0.29) is 38.1 Å². The molecule has 216 valence electrons. The van der Waals surface area contributed by atoms with E-state index in [0.717, 1.165) is 18.4 Å². The van der Waals surface area contributed by atoms with Gasteiger partial charge in [-0.05, 0) is 92.5 Å². The van der Waals surface area contributed by atoms with E-state index < -0.39 is 29.3 Å². The van der Waals surface area contributed by atoms with Crippen molar-refractivity contribution in [3.05, 3.63) is 59.4 Å². The van der Waals surface area contributed by atoms with E-state index in [9.17, 15) is 27.6 Å². The number of alkyl halides is 3. The molecule has 7 nitrogen and oxygen atoms in total. The van der Waals surface area contributed by atoms with Crippen LogP contribution in [0.5, 0.6) is 0 Å². The maximum atomic E-state index is 13.1. The summed E-state index contributed by atoms with van der Waals surface area (Å²) in [5.74, 6) is -0.382. The molecule has 11 heteroatoms. The number of aliphatic hydroxyl groups is 1. The van der Waals surface area contributed by atoms with E-state index >= 15 is 0 Å². The average Bonchev–Trinajstić information content (AvgIpc) is 3.73. The minimum absolute atomic E-state index is 0.0862. The van der Waals surface area contributed by atoms with Gasteiger partial charge in [-0.2, -0.15) is 13.2 Å². The fourth-order valence-electron chi connectivity index (χ4n) is 5.38. The number of nitrogens with one attached hydrogen (secondary N) is 1. The predicted molar refractivity (Wildman–Crippen MR) is 145 cm³/mol. The van der Waals surface area contributed by atoms with Crippen LogP contribution in [0.4, 0.5) is 13.2 Å². The SMILES string of the molecule is CC[S+]([O-])c1ccc(C(CO)NC(=O)c2ccc3c(c2)nc(COC2CCC(C(F)(F)F)CC2)n3C2CC2)cc1. The lowest BCUT2D eigenvalue weighted by Gasteiger charge is -2.29. The van der Waals surface area contributed by atoms with Crippen LogP contribution >= 0.6 is 0 Å². The van der Waals surface area contributed by atoms with Crippen LogP contribution in [0.25, 0.3) is 11.0 Å². The molecule has 2 saturated carbocycles. The standard InChI is InChI=1S/C29H34F3N3O4S/c1-2-40(38)23-12-3-18(4-13-23)25(16-36)34-28(37)19-5-14-26-24(15-19)33-27(35(26)21-8-9-21)17-39-22-10-6-20(7-11-22)29(30,31)32/h3-5,12-15,20-22,25,36H,2,6-11,16-17H2,1H3,(H,34,37). The molecular weight excluding hydrogens is 543 g/mol. The van der Waals surface area contributed by atoms with Crippen LogP contribution < -0.4 is 5.32 Å². The summed E-state index contributed by atoms with van der Waals surface area (Å²) in [5.41, 5.74) is 2.63. The number of carbonyl (C=O) groups excluding carboxylic acids is 1. The Balaban J connectivity index is 1.27. The van der Waals surface area contributed by atoms with Crippen molar-refractivity contribution >= 4 is 28.1 Å². The topological polar surface area (TPSA) is 99.4 Å². The number of aliphatic hydroxyl groups excluding tert-OH is 1. The molecule has 1 heterocycles. The van der Waals surface area contributed by atoms with Crippen LogP contribution in [0.2, 0.25) is 0 Å². The summed E-state index contributed by atoms with van der Waals surface area (Å²) in [6.45, 7) is 1.75. The van der Waals surface area contributed by atoms with Gasteiger partial charge in [-0.15, -0.1) is 0 Å². The molecule has 2 aliphatic carbocycles. The third-order valence-electron chi connectivity index (χ3n) is 7.82. The maximum absolute atomic E-state index is 13.1. The Morgan fingerprint density at radius 1 is 1.15 bits per heavy atom. The number of hydrogen-bond donors (Lipinski definition) is 2. The number of halogens is 3. The molecule has 3 aromatic rings. The number of carbonyl (C=O) groups is 1. The lowest BCUT2D eigenvalue weighted by atomic mass is 9.87. The molecule has 40 heavy (non-hydrogen) atoms. The number of fused-ring (bicyclic) bond motifs is 1. The summed E-state index contributed by atoms with van der Waals surface area (Å²) >= 11 is -1.08. The molecule has 1 aromatic heterocycles. The Bertz CT molecular complexity index is 1320. The zero-order valence-electron chi connectivity index (χ0n) is 22.3. The first-order chi connectivity index (χ1) is 19.2. The molecule has 5 rings (SSSR count). The van der Waals surface area contributed by atoms with Crippen molar-refractivity contribution in [2.24, 2.45) is 5.92 Å². The molecule has 0 saturated heterocycles. The fourth-order valence-corrected chi connectivity index (χ4v) is 6.15. The Hall–Kier alpha value is -2.60. The molecule has 2 fully saturated rings. The first-order valence-corrected chi connectivity index (χ1v) is 15.1. The number of rotatable bonds is 10. The molecule has 0 radical (unpaired) electrons. The molecule has 0 bridgehead atoms. The largest absolute Gasteiger partial charge is 0.611 e. The number of benzene rings is 2. The van der Waals surface area contributed by atoms with Gasteiger partial charge in [0, 0.05) is 11.6 Å². The van der Waals surface area contributed by atoms with Gasteiger partial charge in [0.05, 0.1) is 35.7 Å². The number of ether oxygens (including phenoxy) is 1. The first kappa shape index (κ1) is 28.9. The van der Waals surface area contributed by atoms with E-state index in [0.29, 0.717) is 52.0 Å². The van der Waals surface area contributed by atoms with Crippen molar-refractivity contribution in [1.29, 1.82) is 0 Å². The predicted octanol–water partition coefficient (Wildman–Crippen LogP) is 5.60. The molecular formula is C29H34F3N3O4S. The summed E-state index contributed by atoms with van der Waals surface area (Å²) in [7, 11) is 0. The van der Waals surface area contributed by atoms with Crippen molar-refractivity contribution in [1.82, 2.24) is 14.9 Å². The van der Waals surface area contributed by atoms with Crippen LogP contribution in [0, 0.1) is 5.92 Å². The lowest BCUT2D eigenvalue weighted by molar-refractivity contribution is -0.188. The number of aromatic nitrogens is 2. The van der Waals surface area contributed by atoms with Gasteiger partial charge in [-0.25, -0.2) is 4.98 Å². The molecule has 2 N–H and O–H groups in total. The van der Waals surface area contributed by atoms with E-state index in [4.69, 9.17) is 9.72 Å². The van der Waals surface area contributed by atoms with Gasteiger partial charge in [-0.1, -0.05) is 12.1 Å². The van der Waals surface area contributed by atoms with Crippen molar-refractivity contribution in [2.75, 3.05) is 12.4 Å². The third-order valence-corrected chi connectivity index (χ3v) is 9.14. The van der Waals surface area contributed by atoms with Gasteiger partial charge in [0.1, 0.15) is 18.2 Å². The van der Waals surface area contributed by atoms with Crippen LogP contribution in [0.15, 0.2) is 47.4 Å². The zero-order chi connectivity index (χ0) is 28.4. The smallest absolute Gasteiger partial charge is 0.391 e.